The number of nitrogens with one attached hydrogen (secondary N) is 1. The molecule has 0 aromatic rings. The van der Waals surface area contributed by atoms with E-state index < -0.39 is 0 Å². The van der Waals surface area contributed by atoms with E-state index in [1.807, 2.05) is 64.9 Å². The van der Waals surface area contributed by atoms with Crippen molar-refractivity contribution in [2.45, 2.75) is 112 Å². The van der Waals surface area contributed by atoms with Gasteiger partial charge in [-0.1, -0.05) is 62.3 Å². The Kier molecular flexibility index (Phi) is 25.9. The predicted octanol–water partition coefficient (Wildman–Crippen LogP) is 7.35. The third-order valence-corrected chi connectivity index (χ3v) is 8.52. The second kappa shape index (κ2) is 23.8. The highest BCUT2D eigenvalue weighted by Crippen LogP contribution is 2.35. The molecule has 4 atom stereocenters. The van der Waals surface area contributed by atoms with E-state index in [-0.39, 0.29) is 22.9 Å². The maximum Gasteiger partial charge on any atom is 0.148 e. The molecule has 0 aliphatic carbocycles. The highest BCUT2D eigenvalue weighted by atomic mass is 32.2. The number of hydrazone groups is 2. The summed E-state index contributed by atoms with van der Waals surface area (Å²) in [7, 11) is 7.49. The molecule has 1 fully saturated rings. The van der Waals surface area contributed by atoms with Crippen LogP contribution in [0.1, 0.15) is 89.5 Å². The van der Waals surface area contributed by atoms with E-state index in [2.05, 4.69) is 84.2 Å². The summed E-state index contributed by atoms with van der Waals surface area (Å²) in [5.74, 6) is 2.18. The van der Waals surface area contributed by atoms with Gasteiger partial charge in [0.05, 0.1) is 23.7 Å². The van der Waals surface area contributed by atoms with Gasteiger partial charge < -0.3 is 19.9 Å². The van der Waals surface area contributed by atoms with Gasteiger partial charge >= 0.3 is 0 Å². The van der Waals surface area contributed by atoms with Gasteiger partial charge in [0.15, 0.2) is 0 Å². The second-order valence-electron chi connectivity index (χ2n) is 11.5. The number of carbonyl (C=O) groups is 1. The molecule has 7 nitrogen and oxygen atoms in total. The Morgan fingerprint density at radius 2 is 1.30 bits per heavy atom. The molecule has 1 saturated heterocycles. The number of hydrogen-bond donors (Lipinski definition) is 1. The Morgan fingerprint density at radius 3 is 1.45 bits per heavy atom. The first kappa shape index (κ1) is 43.7. The van der Waals surface area contributed by atoms with Gasteiger partial charge in [0.1, 0.15) is 11.4 Å². The van der Waals surface area contributed by atoms with Crippen LogP contribution in [0.3, 0.4) is 0 Å². The molecule has 0 spiro atoms. The van der Waals surface area contributed by atoms with Crippen LogP contribution in [0.5, 0.6) is 0 Å². The number of Topliss-reactive ketones (excluding diaryl/α,β-unsaturated/α-hetero) is 1. The molecule has 1 aliphatic rings. The molecule has 1 aliphatic heterocycles. The Morgan fingerprint density at radius 1 is 0.875 bits per heavy atom. The number of carbonyl (C=O) groups excluding carboxylic acids is 1. The summed E-state index contributed by atoms with van der Waals surface area (Å²) >= 11 is 3.44. The average Bonchev–Trinajstić information content (AvgIpc) is 3.70. The summed E-state index contributed by atoms with van der Waals surface area (Å²) in [6.07, 6.45) is 5.38. The maximum atomic E-state index is 11.1. The Labute approximate surface area is 257 Å². The maximum absolute atomic E-state index is 11.1. The molecule has 1 rings (SSSR count). The van der Waals surface area contributed by atoms with Crippen LogP contribution in [-0.2, 0) is 14.3 Å². The summed E-state index contributed by atoms with van der Waals surface area (Å²) in [6.45, 7) is 26.1. The van der Waals surface area contributed by atoms with Crippen molar-refractivity contribution in [1.82, 2.24) is 10.4 Å². The summed E-state index contributed by atoms with van der Waals surface area (Å²) in [5, 5.41) is 11.2. The van der Waals surface area contributed by atoms with E-state index >= 15 is 0 Å². The molecule has 9 heteroatoms. The Hall–Kier alpha value is -0.770. The second-order valence-corrected chi connectivity index (χ2v) is 13.9. The van der Waals surface area contributed by atoms with Gasteiger partial charge in [0, 0.05) is 45.1 Å². The fourth-order valence-corrected chi connectivity index (χ4v) is 4.76. The highest BCUT2D eigenvalue weighted by Gasteiger charge is 2.48. The van der Waals surface area contributed by atoms with Crippen molar-refractivity contribution < 1.29 is 14.3 Å². The first-order valence-electron chi connectivity index (χ1n) is 14.7. The van der Waals surface area contributed by atoms with E-state index in [9.17, 15) is 4.79 Å². The molecule has 0 amide bonds. The number of hydrogen-bond acceptors (Lipinski definition) is 9. The zero-order valence-corrected chi connectivity index (χ0v) is 31.0. The van der Waals surface area contributed by atoms with Crippen LogP contribution >= 0.6 is 23.5 Å². The van der Waals surface area contributed by atoms with Gasteiger partial charge in [-0.25, -0.2) is 0 Å². The standard InChI is InChI=1S/C9H20N2.C8H18N2S.C7H14O2.C7H14OS/c1-7(2)9(8(3)4)10-11(5)6;1-6(2)8(10-9-4)7(3)11-5;1-4-7(5-9-7)6(2)8-3;1-5(2)7(8)6(3)9-4/h7-8H,1-6H3;6-7,9H,1-5H3;6H,4-5H2,1-3H3;5-6H,1-4H3/b;10-8+;;. The minimum absolute atomic E-state index is 0.0781. The van der Waals surface area contributed by atoms with Crippen molar-refractivity contribution >= 4 is 40.7 Å². The van der Waals surface area contributed by atoms with Crippen molar-refractivity contribution in [2.75, 3.05) is 47.4 Å². The van der Waals surface area contributed by atoms with Gasteiger partial charge in [-0.2, -0.15) is 33.7 Å². The lowest BCUT2D eigenvalue weighted by molar-refractivity contribution is -0.121. The third-order valence-electron chi connectivity index (χ3n) is 6.63. The normalized spacial score (nSPS) is 18.4. The molecule has 0 radical (unpaired) electrons. The van der Waals surface area contributed by atoms with Crippen LogP contribution in [0.15, 0.2) is 10.2 Å². The lowest BCUT2D eigenvalue weighted by atomic mass is 9.98. The van der Waals surface area contributed by atoms with Crippen molar-refractivity contribution in [3.05, 3.63) is 0 Å². The van der Waals surface area contributed by atoms with Crippen molar-refractivity contribution in [3.8, 4) is 0 Å². The Bertz CT molecular complexity index is 697. The zero-order chi connectivity index (χ0) is 32.2. The van der Waals surface area contributed by atoms with E-state index in [1.54, 1.807) is 18.9 Å². The topological polar surface area (TPSA) is 78.8 Å². The minimum Gasteiger partial charge on any atom is -0.379 e. The van der Waals surface area contributed by atoms with Gasteiger partial charge in [0.2, 0.25) is 0 Å². The number of thioether (sulfide) groups is 2. The Balaban J connectivity index is -0.000000458. The van der Waals surface area contributed by atoms with E-state index in [4.69, 9.17) is 9.47 Å². The zero-order valence-electron chi connectivity index (χ0n) is 29.3. The van der Waals surface area contributed by atoms with Crippen molar-refractivity contribution in [1.29, 1.82) is 0 Å². The molecule has 0 saturated carbocycles. The first-order valence-corrected chi connectivity index (χ1v) is 17.3. The molecule has 0 aromatic heterocycles. The quantitative estimate of drug-likeness (QED) is 0.133. The van der Waals surface area contributed by atoms with E-state index in [0.717, 1.165) is 13.0 Å². The molecule has 240 valence electrons. The number of nitrogens with zero attached hydrogens (tertiary/aromatic N) is 3. The van der Waals surface area contributed by atoms with Crippen LogP contribution in [0, 0.1) is 23.7 Å². The van der Waals surface area contributed by atoms with E-state index in [0.29, 0.717) is 28.8 Å². The molecular formula is C31H66N4O3S2. The monoisotopic (exact) mass is 606 g/mol. The third kappa shape index (κ3) is 19.4. The minimum atomic E-state index is 0.0781. The fourth-order valence-electron chi connectivity index (χ4n) is 3.69. The first-order chi connectivity index (χ1) is 18.4. The van der Waals surface area contributed by atoms with Gasteiger partial charge in [-0.3, -0.25) is 4.79 Å². The van der Waals surface area contributed by atoms with Gasteiger partial charge in [-0.15, -0.1) is 0 Å². The predicted molar refractivity (Wildman–Crippen MR) is 183 cm³/mol. The van der Waals surface area contributed by atoms with Gasteiger partial charge in [0.25, 0.3) is 0 Å². The van der Waals surface area contributed by atoms with Crippen LogP contribution in [-0.4, -0.2) is 91.8 Å². The molecule has 4 unspecified atom stereocenters. The largest absolute Gasteiger partial charge is 0.379 e. The average molecular weight is 607 g/mol. The molecule has 40 heavy (non-hydrogen) atoms. The summed E-state index contributed by atoms with van der Waals surface area (Å²) in [5.41, 5.74) is 5.43. The number of ketones is 1. The van der Waals surface area contributed by atoms with Gasteiger partial charge in [-0.05, 0) is 57.5 Å². The smallest absolute Gasteiger partial charge is 0.148 e. The number of epoxide rings is 1. The molecule has 0 aromatic carbocycles. The lowest BCUT2D eigenvalue weighted by Gasteiger charge is -2.16. The number of ether oxygens (including phenoxy) is 2. The van der Waals surface area contributed by atoms with Crippen LogP contribution in [0.2, 0.25) is 0 Å². The summed E-state index contributed by atoms with van der Waals surface area (Å²) < 4.78 is 10.4. The summed E-state index contributed by atoms with van der Waals surface area (Å²) in [4.78, 5) is 11.1. The molecule has 1 heterocycles. The number of rotatable bonds is 13. The van der Waals surface area contributed by atoms with E-state index in [1.165, 1.54) is 11.4 Å². The molecular weight excluding hydrogens is 541 g/mol. The van der Waals surface area contributed by atoms with Crippen LogP contribution in [0.4, 0.5) is 0 Å². The fraction of sp³-hybridized carbons (Fsp3) is 0.903. The van der Waals surface area contributed by atoms with Crippen LogP contribution in [0.25, 0.3) is 0 Å². The van der Waals surface area contributed by atoms with Crippen molar-refractivity contribution in [2.24, 2.45) is 33.9 Å². The SMILES string of the molecule is CC(C)C(=NN(C)C)C(C)C.CCC1(C(C)OC)CO1.CN/N=C(\C(C)C)C(C)SC.CSC(C)C(=O)C(C)C. The summed E-state index contributed by atoms with van der Waals surface area (Å²) in [6, 6.07) is 0. The molecule has 0 bridgehead atoms. The molecule has 1 N–H and O–H groups in total. The van der Waals surface area contributed by atoms with Crippen molar-refractivity contribution in [3.63, 3.8) is 0 Å². The number of methoxy groups -OCH3 is 1. The van der Waals surface area contributed by atoms with Crippen LogP contribution < -0.4 is 5.43 Å². The highest BCUT2D eigenvalue weighted by molar-refractivity contribution is 8.00. The lowest BCUT2D eigenvalue weighted by Crippen LogP contribution is -2.27.